The second-order valence-corrected chi connectivity index (χ2v) is 15.2. The summed E-state index contributed by atoms with van der Waals surface area (Å²) in [5.74, 6) is 0. The first-order chi connectivity index (χ1) is 30.1. The summed E-state index contributed by atoms with van der Waals surface area (Å²) in [7, 11) is 0. The van der Waals surface area contributed by atoms with Gasteiger partial charge in [0.25, 0.3) is 0 Å². The van der Waals surface area contributed by atoms with E-state index >= 15 is 0 Å². The summed E-state index contributed by atoms with van der Waals surface area (Å²) < 4.78 is 0. The molecule has 0 aliphatic carbocycles. The number of allylic oxidation sites excluding steroid dienone is 1. The maximum Gasteiger partial charge on any atom is 0.0715 e. The molecule has 0 fully saturated rings. The van der Waals surface area contributed by atoms with Gasteiger partial charge >= 0.3 is 0 Å². The van der Waals surface area contributed by atoms with Gasteiger partial charge in [0.2, 0.25) is 0 Å². The highest BCUT2D eigenvalue weighted by molar-refractivity contribution is 6.36. The molecule has 8 aromatic carbocycles. The average molecular weight is 780 g/mol. The van der Waals surface area contributed by atoms with Crippen LogP contribution >= 0.6 is 0 Å². The number of pyridine rings is 1. The van der Waals surface area contributed by atoms with Crippen LogP contribution in [0.5, 0.6) is 0 Å². The largest absolute Gasteiger partial charge is 0.354 e. The lowest BCUT2D eigenvalue weighted by molar-refractivity contribution is 1.22. The Labute approximate surface area is 357 Å². The van der Waals surface area contributed by atoms with E-state index in [1.54, 1.807) is 0 Å². The zero-order chi connectivity index (χ0) is 41.0. The Balaban J connectivity index is 1.15. The van der Waals surface area contributed by atoms with Crippen molar-refractivity contribution in [3.05, 3.63) is 258 Å². The smallest absolute Gasteiger partial charge is 0.0715 e. The van der Waals surface area contributed by atoms with E-state index in [4.69, 9.17) is 4.98 Å². The standard InChI is InChI=1S/C58H41N3/c59-57(48-24-14-5-15-25-48)56(47-22-12-4-13-23-47)58-52-36-49(34-35-50(52)37-55(61-58)44-20-10-3-11-21-44)51-38-53(45-30-26-42(27-31-45)40-16-6-1-7-17-40)60-54(39-51)46-32-28-43(29-33-46)41-18-8-2-9-19-41/h1-39,59,61H/b58-56-,59-57?. The molecule has 0 radical (unpaired) electrons. The quantitative estimate of drug-likeness (QED) is 0.143. The molecule has 3 heteroatoms. The number of aromatic nitrogens is 1. The number of fused-ring (bicyclic) bond motifs is 1. The van der Waals surface area contributed by atoms with Crippen molar-refractivity contribution >= 4 is 28.8 Å². The molecule has 0 unspecified atom stereocenters. The van der Waals surface area contributed by atoms with E-state index in [0.717, 1.165) is 89.6 Å². The number of benzene rings is 8. The van der Waals surface area contributed by atoms with Gasteiger partial charge in [-0.15, -0.1) is 0 Å². The zero-order valence-corrected chi connectivity index (χ0v) is 33.5. The number of nitrogens with zero attached hydrogens (tertiary/aromatic N) is 1. The summed E-state index contributed by atoms with van der Waals surface area (Å²) in [6, 6.07) is 80.2. The van der Waals surface area contributed by atoms with Gasteiger partial charge < -0.3 is 5.32 Å². The third-order valence-corrected chi connectivity index (χ3v) is 11.3. The second kappa shape index (κ2) is 16.6. The fourth-order valence-corrected chi connectivity index (χ4v) is 8.13. The fourth-order valence-electron chi connectivity index (χ4n) is 8.13. The van der Waals surface area contributed by atoms with Crippen molar-refractivity contribution in [1.29, 1.82) is 5.41 Å². The van der Waals surface area contributed by atoms with Crippen LogP contribution in [0.4, 0.5) is 0 Å². The molecule has 1 aliphatic rings. The molecule has 10 rings (SSSR count). The van der Waals surface area contributed by atoms with E-state index in [0.29, 0.717) is 5.71 Å². The Morgan fingerprint density at radius 1 is 0.361 bits per heavy atom. The molecule has 9 aromatic rings. The highest BCUT2D eigenvalue weighted by Crippen LogP contribution is 2.40. The van der Waals surface area contributed by atoms with Crippen LogP contribution in [0.1, 0.15) is 27.8 Å². The molecule has 0 saturated heterocycles. The van der Waals surface area contributed by atoms with Gasteiger partial charge in [0.05, 0.1) is 22.8 Å². The summed E-state index contributed by atoms with van der Waals surface area (Å²) in [5.41, 5.74) is 18.8. The number of rotatable bonds is 9. The first-order valence-corrected chi connectivity index (χ1v) is 20.6. The minimum absolute atomic E-state index is 0.450. The summed E-state index contributed by atoms with van der Waals surface area (Å²) in [6.07, 6.45) is 2.22. The zero-order valence-electron chi connectivity index (χ0n) is 33.5. The van der Waals surface area contributed by atoms with Crippen molar-refractivity contribution in [2.75, 3.05) is 0 Å². The van der Waals surface area contributed by atoms with Crippen LogP contribution in [-0.2, 0) is 0 Å². The predicted octanol–water partition coefficient (Wildman–Crippen LogP) is 14.5. The molecular formula is C58H41N3. The topological polar surface area (TPSA) is 48.8 Å². The van der Waals surface area contributed by atoms with Gasteiger partial charge in [-0.2, -0.15) is 0 Å². The molecule has 3 nitrogen and oxygen atoms in total. The number of hydrogen-bond acceptors (Lipinski definition) is 3. The van der Waals surface area contributed by atoms with Crippen LogP contribution in [-0.4, -0.2) is 10.7 Å². The molecule has 1 aliphatic heterocycles. The summed E-state index contributed by atoms with van der Waals surface area (Å²) in [5, 5.41) is 13.6. The first kappa shape index (κ1) is 37.2. The molecule has 288 valence electrons. The van der Waals surface area contributed by atoms with Gasteiger partial charge in [-0.3, -0.25) is 5.41 Å². The molecule has 0 amide bonds. The Hall–Kier alpha value is -8.14. The molecule has 0 saturated carbocycles. The van der Waals surface area contributed by atoms with E-state index < -0.39 is 0 Å². The van der Waals surface area contributed by atoms with Crippen molar-refractivity contribution < 1.29 is 0 Å². The minimum Gasteiger partial charge on any atom is -0.354 e. The van der Waals surface area contributed by atoms with E-state index in [2.05, 4.69) is 175 Å². The normalized spacial score (nSPS) is 12.8. The van der Waals surface area contributed by atoms with Crippen molar-refractivity contribution in [3.63, 3.8) is 0 Å². The lowest BCUT2D eigenvalue weighted by atomic mass is 9.86. The van der Waals surface area contributed by atoms with Crippen molar-refractivity contribution in [2.24, 2.45) is 0 Å². The summed E-state index contributed by atoms with van der Waals surface area (Å²) in [6.45, 7) is 0. The summed E-state index contributed by atoms with van der Waals surface area (Å²) in [4.78, 5) is 5.32. The molecule has 0 spiro atoms. The third kappa shape index (κ3) is 7.76. The van der Waals surface area contributed by atoms with Gasteiger partial charge in [0, 0.05) is 33.5 Å². The molecule has 0 atom stereocenters. The van der Waals surface area contributed by atoms with Gasteiger partial charge in [0.1, 0.15) is 0 Å². The molecule has 2 N–H and O–H groups in total. The monoisotopic (exact) mass is 779 g/mol. The number of hydrogen-bond donors (Lipinski definition) is 2. The Kier molecular flexibility index (Phi) is 10.1. The van der Waals surface area contributed by atoms with Crippen molar-refractivity contribution in [2.45, 2.75) is 0 Å². The lowest BCUT2D eigenvalue weighted by Crippen LogP contribution is -2.20. The lowest BCUT2D eigenvalue weighted by Gasteiger charge is -2.27. The second-order valence-electron chi connectivity index (χ2n) is 15.2. The van der Waals surface area contributed by atoms with Crippen molar-refractivity contribution in [1.82, 2.24) is 10.3 Å². The predicted molar refractivity (Wildman–Crippen MR) is 255 cm³/mol. The highest BCUT2D eigenvalue weighted by Gasteiger charge is 2.24. The molecule has 1 aromatic heterocycles. The van der Waals surface area contributed by atoms with Gasteiger partial charge in [-0.1, -0.05) is 212 Å². The van der Waals surface area contributed by atoms with Crippen LogP contribution in [0.25, 0.3) is 78.9 Å². The minimum atomic E-state index is 0.450. The van der Waals surface area contributed by atoms with E-state index in [1.807, 2.05) is 66.7 Å². The first-order valence-electron chi connectivity index (χ1n) is 20.6. The molecule has 61 heavy (non-hydrogen) atoms. The molecule has 2 heterocycles. The maximum absolute atomic E-state index is 9.75. The summed E-state index contributed by atoms with van der Waals surface area (Å²) >= 11 is 0. The molecule has 0 bridgehead atoms. The van der Waals surface area contributed by atoms with Crippen LogP contribution in [0, 0.1) is 5.41 Å². The van der Waals surface area contributed by atoms with E-state index in [1.165, 1.54) is 11.1 Å². The van der Waals surface area contributed by atoms with E-state index in [9.17, 15) is 5.41 Å². The van der Waals surface area contributed by atoms with Gasteiger partial charge in [0.15, 0.2) is 0 Å². The Morgan fingerprint density at radius 3 is 1.28 bits per heavy atom. The van der Waals surface area contributed by atoms with Crippen molar-refractivity contribution in [3.8, 4) is 55.9 Å². The van der Waals surface area contributed by atoms with Crippen LogP contribution < -0.4 is 5.32 Å². The van der Waals surface area contributed by atoms with E-state index in [-0.39, 0.29) is 0 Å². The van der Waals surface area contributed by atoms with Crippen LogP contribution in [0.3, 0.4) is 0 Å². The van der Waals surface area contributed by atoms with Crippen LogP contribution in [0.2, 0.25) is 0 Å². The van der Waals surface area contributed by atoms with Gasteiger partial charge in [-0.05, 0) is 74.3 Å². The molecular weight excluding hydrogens is 739 g/mol. The fraction of sp³-hybridized carbons (Fsp3) is 0. The number of nitrogens with one attached hydrogen (secondary N) is 2. The highest BCUT2D eigenvalue weighted by atomic mass is 14.9. The Bertz CT molecular complexity index is 2940. The SMILES string of the molecule is N=C(/C(=C1\NC(c2ccccc2)=Cc2ccc(-c3cc(-c4ccc(-c5ccccc5)cc4)nc(-c4ccc(-c5ccccc5)cc4)c3)cc21)c1ccccc1)c1ccccc1. The van der Waals surface area contributed by atoms with Crippen LogP contribution in [0.15, 0.2) is 231 Å². The van der Waals surface area contributed by atoms with Gasteiger partial charge in [-0.25, -0.2) is 4.98 Å². The third-order valence-electron chi connectivity index (χ3n) is 11.3. The Morgan fingerprint density at radius 2 is 0.770 bits per heavy atom. The maximum atomic E-state index is 9.75. The average Bonchev–Trinajstić information content (AvgIpc) is 3.35.